The van der Waals surface area contributed by atoms with Crippen LogP contribution in [0.1, 0.15) is 6.04 Å². The number of rotatable bonds is 5. The maximum absolute atomic E-state index is 13.9. The Bertz CT molecular complexity index is 1100. The molecule has 4 rings (SSSR count). The number of aliphatic hydroxyl groups excluding tert-OH is 3. The first-order valence-electron chi connectivity index (χ1n) is 9.25. The molecular weight excluding hydrogens is 534 g/mol. The third-order valence-corrected chi connectivity index (χ3v) is 6.96. The van der Waals surface area contributed by atoms with Gasteiger partial charge in [0.05, 0.1) is 22.3 Å². The van der Waals surface area contributed by atoms with Gasteiger partial charge in [-0.3, -0.25) is 4.98 Å². The third kappa shape index (κ3) is 4.67. The summed E-state index contributed by atoms with van der Waals surface area (Å²) >= 11 is 9.88. The van der Waals surface area contributed by atoms with Crippen LogP contribution in [0.15, 0.2) is 46.2 Å². The van der Waals surface area contributed by atoms with Gasteiger partial charge in [-0.1, -0.05) is 28.6 Å². The molecule has 2 aromatic heterocycles. The van der Waals surface area contributed by atoms with E-state index in [1.54, 1.807) is 6.07 Å². The van der Waals surface area contributed by atoms with Crippen LogP contribution < -0.4 is 0 Å². The number of thioether (sulfide) groups is 1. The second-order valence-electron chi connectivity index (χ2n) is 6.99. The highest BCUT2D eigenvalue weighted by Gasteiger charge is 2.46. The van der Waals surface area contributed by atoms with Gasteiger partial charge < -0.3 is 20.1 Å². The third-order valence-electron chi connectivity index (χ3n) is 4.88. The fraction of sp³-hybridized carbons (Fsp3) is 0.316. The van der Waals surface area contributed by atoms with E-state index in [1.165, 1.54) is 23.3 Å². The molecule has 0 amide bonds. The van der Waals surface area contributed by atoms with Crippen LogP contribution in [-0.2, 0) is 4.74 Å². The van der Waals surface area contributed by atoms with Gasteiger partial charge in [0.25, 0.3) is 0 Å². The smallest absolute Gasteiger partial charge is 0.141 e. The summed E-state index contributed by atoms with van der Waals surface area (Å²) in [6.45, 7) is -0.514. The molecule has 3 aromatic rings. The van der Waals surface area contributed by atoms with Crippen LogP contribution >= 0.6 is 39.3 Å². The molecule has 170 valence electrons. The molecule has 8 nitrogen and oxygen atoms in total. The number of halogens is 4. The number of benzene rings is 1. The summed E-state index contributed by atoms with van der Waals surface area (Å²) in [4.78, 5) is 4.59. The lowest BCUT2D eigenvalue weighted by atomic mass is 9.97. The molecule has 1 aromatic carbocycles. The molecule has 0 saturated carbocycles. The molecule has 32 heavy (non-hydrogen) atoms. The highest BCUT2D eigenvalue weighted by Crippen LogP contribution is 2.38. The van der Waals surface area contributed by atoms with Crippen molar-refractivity contribution in [3.63, 3.8) is 0 Å². The van der Waals surface area contributed by atoms with Gasteiger partial charge in [0.15, 0.2) is 0 Å². The maximum atomic E-state index is 13.9. The van der Waals surface area contributed by atoms with Gasteiger partial charge in [0.2, 0.25) is 0 Å². The highest BCUT2D eigenvalue weighted by atomic mass is 79.9. The van der Waals surface area contributed by atoms with Crippen LogP contribution in [0.3, 0.4) is 0 Å². The molecule has 13 heteroatoms. The van der Waals surface area contributed by atoms with Crippen molar-refractivity contribution in [2.75, 3.05) is 6.61 Å². The van der Waals surface area contributed by atoms with Crippen LogP contribution in [0.25, 0.3) is 11.3 Å². The van der Waals surface area contributed by atoms with Crippen molar-refractivity contribution in [2.45, 2.75) is 34.7 Å². The Kier molecular flexibility index (Phi) is 7.10. The average Bonchev–Trinajstić information content (AvgIpc) is 3.23. The Hall–Kier alpha value is -1.67. The Morgan fingerprint density at radius 1 is 1.16 bits per heavy atom. The van der Waals surface area contributed by atoms with E-state index < -0.39 is 48.0 Å². The van der Waals surface area contributed by atoms with Crippen LogP contribution in [0.4, 0.5) is 8.78 Å². The lowest BCUT2D eigenvalue weighted by Crippen LogP contribution is -2.55. The molecular formula is C19H16BrClF2N4O4S. The number of ether oxygens (including phenoxy) is 1. The van der Waals surface area contributed by atoms with E-state index in [2.05, 4.69) is 31.2 Å². The van der Waals surface area contributed by atoms with Gasteiger partial charge in [-0.15, -0.1) is 5.10 Å². The van der Waals surface area contributed by atoms with Crippen molar-refractivity contribution in [3.8, 4) is 11.3 Å². The van der Waals surface area contributed by atoms with E-state index in [4.69, 9.17) is 16.3 Å². The topological polar surface area (TPSA) is 114 Å². The molecule has 3 N–H and O–H groups in total. The minimum atomic E-state index is -1.34. The first kappa shape index (κ1) is 23.5. The quantitative estimate of drug-likeness (QED) is 0.417. The minimum Gasteiger partial charge on any atom is -0.394 e. The summed E-state index contributed by atoms with van der Waals surface area (Å²) in [7, 11) is 0. The zero-order valence-electron chi connectivity index (χ0n) is 16.0. The molecule has 0 radical (unpaired) electrons. The lowest BCUT2D eigenvalue weighted by Gasteiger charge is -2.41. The van der Waals surface area contributed by atoms with Crippen molar-refractivity contribution in [1.29, 1.82) is 0 Å². The summed E-state index contributed by atoms with van der Waals surface area (Å²) in [5.41, 5.74) is -0.652. The maximum Gasteiger partial charge on any atom is 0.141 e. The molecule has 3 heterocycles. The van der Waals surface area contributed by atoms with E-state index in [0.29, 0.717) is 9.92 Å². The van der Waals surface area contributed by atoms with Gasteiger partial charge in [0.1, 0.15) is 47.1 Å². The monoisotopic (exact) mass is 548 g/mol. The van der Waals surface area contributed by atoms with E-state index in [1.807, 2.05) is 0 Å². The van der Waals surface area contributed by atoms with Gasteiger partial charge >= 0.3 is 0 Å². The van der Waals surface area contributed by atoms with Crippen LogP contribution in [0.5, 0.6) is 0 Å². The van der Waals surface area contributed by atoms with Crippen molar-refractivity contribution < 1.29 is 28.8 Å². The first-order chi connectivity index (χ1) is 15.3. The molecule has 0 spiro atoms. The van der Waals surface area contributed by atoms with E-state index in [-0.39, 0.29) is 15.7 Å². The van der Waals surface area contributed by atoms with Crippen molar-refractivity contribution in [2.24, 2.45) is 0 Å². The summed E-state index contributed by atoms with van der Waals surface area (Å²) < 4.78 is 34.4. The molecule has 1 aliphatic rings. The molecule has 1 aliphatic heterocycles. The highest BCUT2D eigenvalue weighted by molar-refractivity contribution is 9.10. The van der Waals surface area contributed by atoms with E-state index in [0.717, 1.165) is 23.9 Å². The van der Waals surface area contributed by atoms with Crippen LogP contribution in [-0.4, -0.2) is 65.7 Å². The second-order valence-corrected chi connectivity index (χ2v) is 9.39. The largest absolute Gasteiger partial charge is 0.394 e. The number of hydrogen-bond acceptors (Lipinski definition) is 8. The molecule has 0 bridgehead atoms. The average molecular weight is 550 g/mol. The summed E-state index contributed by atoms with van der Waals surface area (Å²) in [5, 5.41) is 39.5. The molecule has 5 atom stereocenters. The fourth-order valence-electron chi connectivity index (χ4n) is 3.33. The number of nitrogens with zero attached hydrogens (tertiary/aromatic N) is 4. The first-order valence-corrected chi connectivity index (χ1v) is 11.3. The van der Waals surface area contributed by atoms with E-state index >= 15 is 0 Å². The lowest BCUT2D eigenvalue weighted by molar-refractivity contribution is -0.178. The van der Waals surface area contributed by atoms with Crippen molar-refractivity contribution >= 4 is 39.3 Å². The predicted molar refractivity (Wildman–Crippen MR) is 115 cm³/mol. The van der Waals surface area contributed by atoms with Crippen molar-refractivity contribution in [3.05, 3.63) is 57.9 Å². The van der Waals surface area contributed by atoms with Gasteiger partial charge in [-0.05, 0) is 34.1 Å². The Morgan fingerprint density at radius 3 is 2.53 bits per heavy atom. The standard InChI is InChI=1S/C19H16BrClF2N4O4S/c20-15-11(22)1-8(2-12(15)23)13-6-27(26-25-13)16-17(29)14(7-28)31-19(18(16)30)32-10-3-9(21)4-24-5-10/h1-6,14,16-19,28-30H,7H2/t14?,16-,17-,18?,19+/m0/s1. The summed E-state index contributed by atoms with van der Waals surface area (Å²) in [6.07, 6.45) is 0.689. The molecule has 2 unspecified atom stereocenters. The number of aromatic nitrogens is 4. The minimum absolute atomic E-state index is 0.125. The van der Waals surface area contributed by atoms with Gasteiger partial charge in [-0.2, -0.15) is 0 Å². The molecule has 1 saturated heterocycles. The van der Waals surface area contributed by atoms with E-state index in [9.17, 15) is 24.1 Å². The number of pyridine rings is 1. The van der Waals surface area contributed by atoms with Gasteiger partial charge in [0, 0.05) is 22.9 Å². The van der Waals surface area contributed by atoms with Gasteiger partial charge in [-0.25, -0.2) is 13.5 Å². The second kappa shape index (κ2) is 9.67. The SMILES string of the molecule is OCC1O[C@H](Sc2cncc(Cl)c2)C(O)[C@@H](n2cc(-c3cc(F)c(Br)c(F)c3)nn2)[C@H]1O. The number of aliphatic hydroxyl groups is 3. The summed E-state index contributed by atoms with van der Waals surface area (Å²) in [6, 6.07) is 2.74. The van der Waals surface area contributed by atoms with Crippen LogP contribution in [0.2, 0.25) is 5.02 Å². The zero-order chi connectivity index (χ0) is 23.0. The zero-order valence-corrected chi connectivity index (χ0v) is 19.2. The molecule has 0 aliphatic carbocycles. The molecule has 1 fully saturated rings. The Balaban J connectivity index is 1.64. The van der Waals surface area contributed by atoms with Crippen molar-refractivity contribution in [1.82, 2.24) is 20.0 Å². The Labute approximate surface area is 198 Å². The fourth-order valence-corrected chi connectivity index (χ4v) is 4.88. The summed E-state index contributed by atoms with van der Waals surface area (Å²) in [5.74, 6) is -1.62. The normalized spacial score (nSPS) is 25.8. The number of hydrogen-bond donors (Lipinski definition) is 3. The van der Waals surface area contributed by atoms with Crippen LogP contribution in [0, 0.1) is 11.6 Å². The Morgan fingerprint density at radius 2 is 1.88 bits per heavy atom. The predicted octanol–water partition coefficient (Wildman–Crippen LogP) is 2.81.